The minimum Gasteiger partial charge on any atom is -0.496 e. The van der Waals surface area contributed by atoms with Crippen LogP contribution in [-0.4, -0.2) is 12.1 Å². The zero-order chi connectivity index (χ0) is 13.7. The topological polar surface area (TPSA) is 34.1 Å². The highest BCUT2D eigenvalue weighted by molar-refractivity contribution is 9.10. The molecule has 1 N–H and O–H groups in total. The molecule has 0 spiro atoms. The Morgan fingerprint density at radius 3 is 2.89 bits per heavy atom. The Balaban J connectivity index is 2.04. The van der Waals surface area contributed by atoms with Crippen LogP contribution in [0.3, 0.4) is 0 Å². The number of pyridine rings is 1. The number of hydrogen-bond acceptors (Lipinski definition) is 3. The lowest BCUT2D eigenvalue weighted by Gasteiger charge is -2.15. The van der Waals surface area contributed by atoms with E-state index in [0.29, 0.717) is 0 Å². The van der Waals surface area contributed by atoms with Gasteiger partial charge in [0.1, 0.15) is 5.75 Å². The molecule has 0 radical (unpaired) electrons. The molecule has 1 aromatic heterocycles. The fourth-order valence-corrected chi connectivity index (χ4v) is 2.31. The lowest BCUT2D eigenvalue weighted by atomic mass is 10.1. The van der Waals surface area contributed by atoms with Gasteiger partial charge in [0.2, 0.25) is 0 Å². The lowest BCUT2D eigenvalue weighted by molar-refractivity contribution is 0.406. The van der Waals surface area contributed by atoms with Crippen molar-refractivity contribution in [2.45, 2.75) is 19.5 Å². The van der Waals surface area contributed by atoms with Gasteiger partial charge in [0.25, 0.3) is 0 Å². The second kappa shape index (κ2) is 6.68. The Labute approximate surface area is 122 Å². The predicted octanol–water partition coefficient (Wildman–Crippen LogP) is 3.70. The van der Waals surface area contributed by atoms with Crippen molar-refractivity contribution < 1.29 is 4.74 Å². The Hall–Kier alpha value is -1.39. The molecule has 0 saturated heterocycles. The first-order valence-corrected chi connectivity index (χ1v) is 6.95. The van der Waals surface area contributed by atoms with Gasteiger partial charge in [-0.1, -0.05) is 22.0 Å². The van der Waals surface area contributed by atoms with Gasteiger partial charge in [-0.2, -0.15) is 0 Å². The van der Waals surface area contributed by atoms with E-state index in [1.807, 2.05) is 24.4 Å². The highest BCUT2D eigenvalue weighted by atomic mass is 79.9. The monoisotopic (exact) mass is 320 g/mol. The summed E-state index contributed by atoms with van der Waals surface area (Å²) in [7, 11) is 1.69. The zero-order valence-corrected chi connectivity index (χ0v) is 12.6. The van der Waals surface area contributed by atoms with Gasteiger partial charge in [-0.15, -0.1) is 0 Å². The number of nitrogens with zero attached hydrogens (tertiary/aromatic N) is 1. The molecule has 1 heterocycles. The van der Waals surface area contributed by atoms with Crippen LogP contribution < -0.4 is 10.1 Å². The smallest absolute Gasteiger partial charge is 0.123 e. The number of halogens is 1. The maximum absolute atomic E-state index is 5.37. The molecule has 1 unspecified atom stereocenters. The van der Waals surface area contributed by atoms with Crippen LogP contribution in [0.2, 0.25) is 0 Å². The van der Waals surface area contributed by atoms with Crippen molar-refractivity contribution >= 4 is 15.9 Å². The summed E-state index contributed by atoms with van der Waals surface area (Å²) in [4.78, 5) is 4.14. The zero-order valence-electron chi connectivity index (χ0n) is 11.1. The third-order valence-corrected chi connectivity index (χ3v) is 3.52. The number of benzene rings is 1. The summed E-state index contributed by atoms with van der Waals surface area (Å²) in [6.07, 6.45) is 3.67. The van der Waals surface area contributed by atoms with Gasteiger partial charge in [-0.05, 0) is 36.8 Å². The molecule has 0 bridgehead atoms. The van der Waals surface area contributed by atoms with Gasteiger partial charge in [-0.25, -0.2) is 0 Å². The summed E-state index contributed by atoms with van der Waals surface area (Å²) in [5, 5.41) is 3.48. The van der Waals surface area contributed by atoms with Gasteiger partial charge < -0.3 is 10.1 Å². The van der Waals surface area contributed by atoms with Crippen LogP contribution in [0.15, 0.2) is 47.2 Å². The standard InChI is InChI=1S/C15H17BrN2O/c1-11(12-4-3-7-17-9-12)18-10-13-8-14(16)5-6-15(13)19-2/h3-9,11,18H,10H2,1-2H3. The van der Waals surface area contributed by atoms with Crippen LogP contribution >= 0.6 is 15.9 Å². The van der Waals surface area contributed by atoms with Gasteiger partial charge >= 0.3 is 0 Å². The molecule has 1 aromatic carbocycles. The number of ether oxygens (including phenoxy) is 1. The molecule has 0 aliphatic heterocycles. The summed E-state index contributed by atoms with van der Waals surface area (Å²) in [6.45, 7) is 2.88. The van der Waals surface area contributed by atoms with Crippen LogP contribution in [0.25, 0.3) is 0 Å². The molecule has 0 fully saturated rings. The molecule has 19 heavy (non-hydrogen) atoms. The fraction of sp³-hybridized carbons (Fsp3) is 0.267. The largest absolute Gasteiger partial charge is 0.496 e. The van der Waals surface area contributed by atoms with Gasteiger partial charge in [0.05, 0.1) is 7.11 Å². The molecule has 2 rings (SSSR count). The van der Waals surface area contributed by atoms with Gasteiger partial charge in [0, 0.05) is 35.0 Å². The first-order chi connectivity index (χ1) is 9.20. The number of aromatic nitrogens is 1. The van der Waals surface area contributed by atoms with Gasteiger partial charge in [-0.3, -0.25) is 4.98 Å². The molecular formula is C15H17BrN2O. The first kappa shape index (κ1) is 14.0. The quantitative estimate of drug-likeness (QED) is 0.912. The molecule has 0 aliphatic rings. The SMILES string of the molecule is COc1ccc(Br)cc1CNC(C)c1cccnc1. The molecule has 0 saturated carbocycles. The molecule has 100 valence electrons. The molecule has 2 aromatic rings. The van der Waals surface area contributed by atoms with Crippen molar-refractivity contribution in [2.75, 3.05) is 7.11 Å². The van der Waals surface area contributed by atoms with Crippen LogP contribution in [0.4, 0.5) is 0 Å². The van der Waals surface area contributed by atoms with Crippen molar-refractivity contribution in [1.29, 1.82) is 0 Å². The van der Waals surface area contributed by atoms with Crippen molar-refractivity contribution in [3.05, 3.63) is 58.3 Å². The Morgan fingerprint density at radius 2 is 2.21 bits per heavy atom. The summed E-state index contributed by atoms with van der Waals surface area (Å²) >= 11 is 3.48. The van der Waals surface area contributed by atoms with Crippen LogP contribution in [0.1, 0.15) is 24.1 Å². The molecule has 3 nitrogen and oxygen atoms in total. The van der Waals surface area contributed by atoms with Crippen molar-refractivity contribution in [3.63, 3.8) is 0 Å². The van der Waals surface area contributed by atoms with Crippen LogP contribution in [-0.2, 0) is 6.54 Å². The summed E-state index contributed by atoms with van der Waals surface area (Å²) in [5.41, 5.74) is 2.31. The summed E-state index contributed by atoms with van der Waals surface area (Å²) in [6, 6.07) is 10.3. The lowest BCUT2D eigenvalue weighted by Crippen LogP contribution is -2.18. The third kappa shape index (κ3) is 3.78. The Kier molecular flexibility index (Phi) is 4.93. The Morgan fingerprint density at radius 1 is 1.37 bits per heavy atom. The van der Waals surface area contributed by atoms with Crippen molar-refractivity contribution in [2.24, 2.45) is 0 Å². The number of rotatable bonds is 5. The average Bonchev–Trinajstić information content (AvgIpc) is 2.46. The second-order valence-corrected chi connectivity index (χ2v) is 5.26. The molecular weight excluding hydrogens is 304 g/mol. The normalized spacial score (nSPS) is 12.2. The van der Waals surface area contributed by atoms with E-state index in [1.54, 1.807) is 13.3 Å². The van der Waals surface area contributed by atoms with E-state index in [9.17, 15) is 0 Å². The fourth-order valence-electron chi connectivity index (χ4n) is 1.90. The van der Waals surface area contributed by atoms with Crippen LogP contribution in [0.5, 0.6) is 5.75 Å². The maximum atomic E-state index is 5.37. The maximum Gasteiger partial charge on any atom is 0.123 e. The minimum absolute atomic E-state index is 0.248. The molecule has 1 atom stereocenters. The highest BCUT2D eigenvalue weighted by Gasteiger charge is 2.08. The van der Waals surface area contributed by atoms with Crippen molar-refractivity contribution in [1.82, 2.24) is 10.3 Å². The van der Waals surface area contributed by atoms with E-state index < -0.39 is 0 Å². The highest BCUT2D eigenvalue weighted by Crippen LogP contribution is 2.23. The first-order valence-electron chi connectivity index (χ1n) is 6.16. The average molecular weight is 321 g/mol. The van der Waals surface area contributed by atoms with E-state index in [0.717, 1.165) is 22.3 Å². The van der Waals surface area contributed by atoms with E-state index in [2.05, 4.69) is 45.3 Å². The number of methoxy groups -OCH3 is 1. The van der Waals surface area contributed by atoms with Gasteiger partial charge in [0.15, 0.2) is 0 Å². The van der Waals surface area contributed by atoms with Crippen molar-refractivity contribution in [3.8, 4) is 5.75 Å². The molecule has 0 amide bonds. The Bertz CT molecular complexity index is 531. The van der Waals surface area contributed by atoms with E-state index in [4.69, 9.17) is 4.74 Å². The van der Waals surface area contributed by atoms with E-state index in [1.165, 1.54) is 5.56 Å². The van der Waals surface area contributed by atoms with E-state index >= 15 is 0 Å². The summed E-state index contributed by atoms with van der Waals surface area (Å²) in [5.74, 6) is 0.897. The second-order valence-electron chi connectivity index (χ2n) is 4.35. The predicted molar refractivity (Wildman–Crippen MR) is 80.2 cm³/mol. The minimum atomic E-state index is 0.248. The third-order valence-electron chi connectivity index (χ3n) is 3.03. The number of nitrogens with one attached hydrogen (secondary N) is 1. The number of hydrogen-bond donors (Lipinski definition) is 1. The van der Waals surface area contributed by atoms with Crippen LogP contribution in [0, 0.1) is 0 Å². The molecule has 4 heteroatoms. The summed E-state index contributed by atoms with van der Waals surface area (Å²) < 4.78 is 6.42. The molecule has 0 aliphatic carbocycles. The van der Waals surface area contributed by atoms with E-state index in [-0.39, 0.29) is 6.04 Å².